The Kier molecular flexibility index (Phi) is 5.42. The minimum atomic E-state index is -0.606. The van der Waals surface area contributed by atoms with Crippen LogP contribution in [0.15, 0.2) is 24.3 Å². The third-order valence-electron chi connectivity index (χ3n) is 5.76. The van der Waals surface area contributed by atoms with Crippen molar-refractivity contribution in [2.45, 2.75) is 52.9 Å². The molecule has 0 radical (unpaired) electrons. The van der Waals surface area contributed by atoms with Crippen LogP contribution in [0.2, 0.25) is 0 Å². The highest BCUT2D eigenvalue weighted by Crippen LogP contribution is 2.52. The molecule has 1 heterocycles. The number of anilines is 1. The lowest BCUT2D eigenvalue weighted by Crippen LogP contribution is -2.36. The van der Waals surface area contributed by atoms with Crippen LogP contribution >= 0.6 is 0 Å². The Balaban J connectivity index is 2.39. The maximum absolute atomic E-state index is 13.1. The molecule has 2 aromatic carbocycles. The zero-order chi connectivity index (χ0) is 20.6. The molecule has 4 nitrogen and oxygen atoms in total. The molecule has 150 valence electrons. The van der Waals surface area contributed by atoms with E-state index in [9.17, 15) is 4.79 Å². The van der Waals surface area contributed by atoms with E-state index in [1.165, 1.54) is 5.56 Å². The van der Waals surface area contributed by atoms with E-state index in [0.717, 1.165) is 52.3 Å². The minimum absolute atomic E-state index is 0.136. The number of nitrogens with zero attached hydrogens (tertiary/aromatic N) is 1. The molecule has 0 fully saturated rings. The Morgan fingerprint density at radius 2 is 1.61 bits per heavy atom. The molecule has 0 saturated heterocycles. The first-order valence-corrected chi connectivity index (χ1v) is 10.0. The Hall–Kier alpha value is -2.49. The summed E-state index contributed by atoms with van der Waals surface area (Å²) in [6.45, 7) is 10.9. The van der Waals surface area contributed by atoms with Crippen LogP contribution in [-0.2, 0) is 16.6 Å². The van der Waals surface area contributed by atoms with E-state index in [1.807, 2.05) is 25.7 Å². The Bertz CT molecular complexity index is 889. The van der Waals surface area contributed by atoms with Gasteiger partial charge in [-0.15, -0.1) is 0 Å². The summed E-state index contributed by atoms with van der Waals surface area (Å²) in [5, 5.41) is 0. The van der Waals surface area contributed by atoms with E-state index in [2.05, 4.69) is 38.1 Å². The van der Waals surface area contributed by atoms with Crippen molar-refractivity contribution in [3.8, 4) is 22.6 Å². The summed E-state index contributed by atoms with van der Waals surface area (Å²) in [4.78, 5) is 15.0. The first-order chi connectivity index (χ1) is 13.3. The number of carbonyl (C=O) groups excluding carboxylic acids is 1. The molecular weight excluding hydrogens is 350 g/mol. The number of likely N-dealkylation sites (N-methyl/N-ethyl adjacent to an activating group) is 1. The number of rotatable bonds is 6. The molecule has 1 amide bonds. The predicted molar refractivity (Wildman–Crippen MR) is 115 cm³/mol. The van der Waals surface area contributed by atoms with Crippen LogP contribution < -0.4 is 14.4 Å². The van der Waals surface area contributed by atoms with Crippen LogP contribution in [0.5, 0.6) is 11.5 Å². The van der Waals surface area contributed by atoms with Crippen molar-refractivity contribution in [1.82, 2.24) is 0 Å². The van der Waals surface area contributed by atoms with E-state index in [-0.39, 0.29) is 5.91 Å². The van der Waals surface area contributed by atoms with Gasteiger partial charge in [0.25, 0.3) is 0 Å². The van der Waals surface area contributed by atoms with Gasteiger partial charge >= 0.3 is 0 Å². The SMILES string of the molecule is CCCc1cc(OC)c(-c2c(C)ccc3c2C(C)(C)C(=O)N3CC)c(OC)c1. The van der Waals surface area contributed by atoms with Crippen LogP contribution in [-0.4, -0.2) is 26.7 Å². The van der Waals surface area contributed by atoms with Gasteiger partial charge in [0.05, 0.1) is 25.2 Å². The largest absolute Gasteiger partial charge is 0.496 e. The zero-order valence-electron chi connectivity index (χ0n) is 18.1. The van der Waals surface area contributed by atoms with Gasteiger partial charge in [-0.05, 0) is 74.6 Å². The first-order valence-electron chi connectivity index (χ1n) is 10.0. The van der Waals surface area contributed by atoms with Gasteiger partial charge in [-0.3, -0.25) is 4.79 Å². The Morgan fingerprint density at radius 3 is 2.11 bits per heavy atom. The minimum Gasteiger partial charge on any atom is -0.496 e. The predicted octanol–water partition coefficient (Wildman–Crippen LogP) is 5.28. The van der Waals surface area contributed by atoms with Crippen molar-refractivity contribution in [1.29, 1.82) is 0 Å². The molecule has 3 rings (SSSR count). The number of hydrogen-bond acceptors (Lipinski definition) is 3. The van der Waals surface area contributed by atoms with Gasteiger partial charge in [-0.2, -0.15) is 0 Å². The maximum atomic E-state index is 13.1. The fourth-order valence-corrected chi connectivity index (χ4v) is 4.39. The number of amides is 1. The molecule has 0 aliphatic carbocycles. The van der Waals surface area contributed by atoms with E-state index < -0.39 is 5.41 Å². The summed E-state index contributed by atoms with van der Waals surface area (Å²) < 4.78 is 11.6. The van der Waals surface area contributed by atoms with Gasteiger partial charge in [0.1, 0.15) is 11.5 Å². The van der Waals surface area contributed by atoms with Gasteiger partial charge in [0.2, 0.25) is 5.91 Å². The quantitative estimate of drug-likeness (QED) is 0.684. The molecule has 28 heavy (non-hydrogen) atoms. The number of hydrogen-bond donors (Lipinski definition) is 0. The summed E-state index contributed by atoms with van der Waals surface area (Å²) in [7, 11) is 3.39. The smallest absolute Gasteiger partial charge is 0.237 e. The standard InChI is InChI=1S/C24H31NO3/c1-8-10-16-13-18(27-6)21(19(14-16)28-7)20-15(3)11-12-17-22(20)24(4,5)23(26)25(17)9-2/h11-14H,8-10H2,1-7H3. The van der Waals surface area contributed by atoms with E-state index >= 15 is 0 Å². The van der Waals surface area contributed by atoms with Crippen LogP contribution in [0.3, 0.4) is 0 Å². The highest BCUT2D eigenvalue weighted by atomic mass is 16.5. The highest BCUT2D eigenvalue weighted by Gasteiger charge is 2.46. The Morgan fingerprint density at radius 1 is 1.00 bits per heavy atom. The second-order valence-electron chi connectivity index (χ2n) is 7.95. The molecule has 0 atom stereocenters. The van der Waals surface area contributed by atoms with Crippen molar-refractivity contribution >= 4 is 11.6 Å². The average molecular weight is 382 g/mol. The summed E-state index contributed by atoms with van der Waals surface area (Å²) in [6, 6.07) is 8.35. The molecule has 0 spiro atoms. The number of carbonyl (C=O) groups is 1. The van der Waals surface area contributed by atoms with Gasteiger partial charge < -0.3 is 14.4 Å². The second-order valence-corrected chi connectivity index (χ2v) is 7.95. The molecule has 0 bridgehead atoms. The Labute approximate surface area is 168 Å². The van der Waals surface area contributed by atoms with Crippen LogP contribution in [0.25, 0.3) is 11.1 Å². The molecule has 4 heteroatoms. The van der Waals surface area contributed by atoms with E-state index in [0.29, 0.717) is 6.54 Å². The first kappa shape index (κ1) is 20.2. The molecule has 1 aliphatic rings. The summed E-state index contributed by atoms with van der Waals surface area (Å²) >= 11 is 0. The topological polar surface area (TPSA) is 38.8 Å². The van der Waals surface area contributed by atoms with Gasteiger partial charge in [0, 0.05) is 12.2 Å². The van der Waals surface area contributed by atoms with E-state index in [4.69, 9.17) is 9.47 Å². The number of aryl methyl sites for hydroxylation is 2. The third kappa shape index (κ3) is 2.95. The molecular formula is C24H31NO3. The number of methoxy groups -OCH3 is 2. The van der Waals surface area contributed by atoms with Crippen molar-refractivity contribution < 1.29 is 14.3 Å². The average Bonchev–Trinajstić information content (AvgIpc) is 2.87. The maximum Gasteiger partial charge on any atom is 0.237 e. The number of benzene rings is 2. The number of ether oxygens (including phenoxy) is 2. The molecule has 2 aromatic rings. The van der Waals surface area contributed by atoms with Crippen LogP contribution in [0.1, 0.15) is 50.8 Å². The van der Waals surface area contributed by atoms with Crippen LogP contribution in [0, 0.1) is 6.92 Å². The molecule has 1 aliphatic heterocycles. The van der Waals surface area contributed by atoms with Gasteiger partial charge in [-0.1, -0.05) is 19.4 Å². The lowest BCUT2D eigenvalue weighted by atomic mass is 9.79. The molecule has 0 saturated carbocycles. The fourth-order valence-electron chi connectivity index (χ4n) is 4.39. The van der Waals surface area contributed by atoms with Crippen molar-refractivity contribution in [3.05, 3.63) is 41.0 Å². The summed E-state index contributed by atoms with van der Waals surface area (Å²) in [6.07, 6.45) is 2.02. The normalized spacial score (nSPS) is 15.0. The van der Waals surface area contributed by atoms with Crippen LogP contribution in [0.4, 0.5) is 5.69 Å². The van der Waals surface area contributed by atoms with Crippen molar-refractivity contribution in [2.24, 2.45) is 0 Å². The van der Waals surface area contributed by atoms with Crippen molar-refractivity contribution in [3.63, 3.8) is 0 Å². The van der Waals surface area contributed by atoms with E-state index in [1.54, 1.807) is 14.2 Å². The monoisotopic (exact) mass is 381 g/mol. The fraction of sp³-hybridized carbons (Fsp3) is 0.458. The molecule has 0 aromatic heterocycles. The third-order valence-corrected chi connectivity index (χ3v) is 5.76. The highest BCUT2D eigenvalue weighted by molar-refractivity contribution is 6.10. The van der Waals surface area contributed by atoms with Crippen molar-refractivity contribution in [2.75, 3.05) is 25.7 Å². The summed E-state index contributed by atoms with van der Waals surface area (Å²) in [5.74, 6) is 1.72. The molecule has 0 unspecified atom stereocenters. The lowest BCUT2D eigenvalue weighted by Gasteiger charge is -2.24. The lowest BCUT2D eigenvalue weighted by molar-refractivity contribution is -0.122. The zero-order valence-corrected chi connectivity index (χ0v) is 18.1. The number of fused-ring (bicyclic) bond motifs is 1. The van der Waals surface area contributed by atoms with Gasteiger partial charge in [0.15, 0.2) is 0 Å². The second kappa shape index (κ2) is 7.50. The summed E-state index contributed by atoms with van der Waals surface area (Å²) in [5.41, 5.74) is 5.71. The molecule has 0 N–H and O–H groups in total. The van der Waals surface area contributed by atoms with Gasteiger partial charge in [-0.25, -0.2) is 0 Å².